The van der Waals surface area contributed by atoms with E-state index in [0.29, 0.717) is 19.2 Å². The van der Waals surface area contributed by atoms with Gasteiger partial charge in [0.15, 0.2) is 0 Å². The molecule has 1 saturated heterocycles. The number of nitrogens with zero attached hydrogens (tertiary/aromatic N) is 1. The lowest BCUT2D eigenvalue weighted by atomic mass is 10.1. The van der Waals surface area contributed by atoms with Crippen LogP contribution in [0.1, 0.15) is 35.2 Å². The second-order valence-electron chi connectivity index (χ2n) is 6.75. The van der Waals surface area contributed by atoms with Gasteiger partial charge in [0.2, 0.25) is 10.0 Å². The molecule has 3 rings (SSSR count). The summed E-state index contributed by atoms with van der Waals surface area (Å²) in [5.74, 6) is -0.842. The number of hydrogen-bond acceptors (Lipinski definition) is 3. The van der Waals surface area contributed by atoms with Gasteiger partial charge in [-0.15, -0.1) is 0 Å². The molecule has 0 spiro atoms. The Kier molecular flexibility index (Phi) is 6.66. The third-order valence-electron chi connectivity index (χ3n) is 4.66. The third-order valence-corrected chi connectivity index (χ3v) is 7.22. The zero-order valence-corrected chi connectivity index (χ0v) is 17.8. The molecule has 2 aromatic rings. The molecule has 1 amide bonds. The molecule has 0 atom stereocenters. The minimum Gasteiger partial charge on any atom is -0.322 e. The maximum Gasteiger partial charge on any atom is 0.417 e. The second kappa shape index (κ2) is 8.74. The van der Waals surface area contributed by atoms with Crippen LogP contribution in [0.3, 0.4) is 0 Å². The molecule has 30 heavy (non-hydrogen) atoms. The molecule has 1 N–H and O–H groups in total. The lowest BCUT2D eigenvalue weighted by Gasteiger charge is -2.26. The van der Waals surface area contributed by atoms with Crippen LogP contribution in [-0.4, -0.2) is 31.7 Å². The quantitative estimate of drug-likeness (QED) is 0.633. The first kappa shape index (κ1) is 22.9. The van der Waals surface area contributed by atoms with Gasteiger partial charge in [0.05, 0.1) is 26.1 Å². The number of anilines is 1. The number of alkyl halides is 3. The Bertz CT molecular complexity index is 1070. The Labute approximate surface area is 181 Å². The number of hydrogen-bond donors (Lipinski definition) is 1. The summed E-state index contributed by atoms with van der Waals surface area (Å²) in [4.78, 5) is 12.5. The van der Waals surface area contributed by atoms with E-state index in [2.05, 4.69) is 5.32 Å². The van der Waals surface area contributed by atoms with Gasteiger partial charge < -0.3 is 5.32 Å². The van der Waals surface area contributed by atoms with Crippen molar-refractivity contribution in [1.82, 2.24) is 4.31 Å². The summed E-state index contributed by atoms with van der Waals surface area (Å²) < 4.78 is 66.1. The van der Waals surface area contributed by atoms with Crippen molar-refractivity contribution in [2.45, 2.75) is 30.3 Å². The summed E-state index contributed by atoms with van der Waals surface area (Å²) in [5.41, 5.74) is -1.43. The molecule has 0 unspecified atom stereocenters. The van der Waals surface area contributed by atoms with Crippen molar-refractivity contribution in [1.29, 1.82) is 0 Å². The molecule has 1 fully saturated rings. The van der Waals surface area contributed by atoms with Gasteiger partial charge >= 0.3 is 6.18 Å². The molecule has 0 aromatic heterocycles. The van der Waals surface area contributed by atoms with Crippen LogP contribution >= 0.6 is 23.2 Å². The van der Waals surface area contributed by atoms with Gasteiger partial charge in [-0.1, -0.05) is 29.6 Å². The average Bonchev–Trinajstić information content (AvgIpc) is 2.69. The van der Waals surface area contributed by atoms with E-state index < -0.39 is 32.7 Å². The van der Waals surface area contributed by atoms with E-state index in [9.17, 15) is 26.4 Å². The molecule has 11 heteroatoms. The number of carbonyl (C=O) groups excluding carboxylic acids is 1. The topological polar surface area (TPSA) is 66.5 Å². The fourth-order valence-corrected chi connectivity index (χ4v) is 5.08. The summed E-state index contributed by atoms with van der Waals surface area (Å²) in [6, 6.07) is 6.62. The van der Waals surface area contributed by atoms with Crippen LogP contribution in [0, 0.1) is 0 Å². The Hall–Kier alpha value is -1.81. The van der Waals surface area contributed by atoms with Crippen LogP contribution in [0.2, 0.25) is 10.0 Å². The lowest BCUT2D eigenvalue weighted by molar-refractivity contribution is -0.137. The summed E-state index contributed by atoms with van der Waals surface area (Å²) in [6.07, 6.45) is -2.25. The van der Waals surface area contributed by atoms with Crippen molar-refractivity contribution < 1.29 is 26.4 Å². The van der Waals surface area contributed by atoms with Gasteiger partial charge in [-0.25, -0.2) is 8.42 Å². The fraction of sp³-hybridized carbons (Fsp3) is 0.316. The summed E-state index contributed by atoms with van der Waals surface area (Å²) >= 11 is 11.6. The molecule has 0 aliphatic carbocycles. The molecule has 0 bridgehead atoms. The van der Waals surface area contributed by atoms with Crippen LogP contribution < -0.4 is 5.32 Å². The highest BCUT2D eigenvalue weighted by atomic mass is 35.5. The van der Waals surface area contributed by atoms with E-state index in [0.717, 1.165) is 31.4 Å². The maximum atomic E-state index is 13.0. The van der Waals surface area contributed by atoms with Crippen LogP contribution in [0.15, 0.2) is 41.3 Å². The van der Waals surface area contributed by atoms with E-state index in [1.807, 2.05) is 0 Å². The van der Waals surface area contributed by atoms with Crippen molar-refractivity contribution >= 4 is 44.8 Å². The largest absolute Gasteiger partial charge is 0.417 e. The van der Waals surface area contributed by atoms with Crippen LogP contribution in [0.5, 0.6) is 0 Å². The molecule has 162 valence electrons. The minimum atomic E-state index is -4.70. The molecule has 0 radical (unpaired) electrons. The highest BCUT2D eigenvalue weighted by molar-refractivity contribution is 7.89. The number of rotatable bonds is 4. The number of nitrogens with one attached hydrogen (secondary N) is 1. The average molecular weight is 481 g/mol. The molecular formula is C19H17Cl2F3N2O3S. The van der Waals surface area contributed by atoms with Crippen molar-refractivity contribution in [3.05, 3.63) is 57.6 Å². The van der Waals surface area contributed by atoms with Gasteiger partial charge in [-0.05, 0) is 49.2 Å². The SMILES string of the molecule is O=C(Nc1ccc(Cl)c(C(F)(F)F)c1)c1cc(S(=O)(=O)N2CCCCC2)ccc1Cl. The maximum absolute atomic E-state index is 13.0. The standard InChI is InChI=1S/C19H17Cl2F3N2O3S/c20-16-7-5-13(30(28,29)26-8-2-1-3-9-26)11-14(16)18(27)25-12-4-6-17(21)15(10-12)19(22,23)24/h4-7,10-11H,1-3,8-9H2,(H,25,27). The third kappa shape index (κ3) is 4.91. The van der Waals surface area contributed by atoms with Crippen molar-refractivity contribution in [3.63, 3.8) is 0 Å². The minimum absolute atomic E-state index is 0.0323. The van der Waals surface area contributed by atoms with Gasteiger partial charge in [-0.2, -0.15) is 17.5 Å². The number of sulfonamides is 1. The van der Waals surface area contributed by atoms with Crippen molar-refractivity contribution in [2.75, 3.05) is 18.4 Å². The molecule has 0 saturated carbocycles. The Morgan fingerprint density at radius 3 is 2.23 bits per heavy atom. The van der Waals surface area contributed by atoms with E-state index in [1.54, 1.807) is 0 Å². The van der Waals surface area contributed by atoms with E-state index >= 15 is 0 Å². The van der Waals surface area contributed by atoms with Crippen LogP contribution in [0.25, 0.3) is 0 Å². The normalized spacial score (nSPS) is 15.8. The van der Waals surface area contributed by atoms with Gasteiger partial charge in [-0.3, -0.25) is 4.79 Å². The highest BCUT2D eigenvalue weighted by Gasteiger charge is 2.33. The molecule has 2 aromatic carbocycles. The van der Waals surface area contributed by atoms with Crippen molar-refractivity contribution in [3.8, 4) is 0 Å². The molecular weight excluding hydrogens is 464 g/mol. The zero-order valence-electron chi connectivity index (χ0n) is 15.5. The summed E-state index contributed by atoms with van der Waals surface area (Å²) in [7, 11) is -3.81. The predicted octanol–water partition coefficient (Wildman–Crippen LogP) is 5.44. The smallest absolute Gasteiger partial charge is 0.322 e. The molecule has 5 nitrogen and oxygen atoms in total. The van der Waals surface area contributed by atoms with E-state index in [-0.39, 0.29) is 21.2 Å². The first-order valence-electron chi connectivity index (χ1n) is 8.98. The Morgan fingerprint density at radius 2 is 1.60 bits per heavy atom. The molecule has 1 aliphatic heterocycles. The van der Waals surface area contributed by atoms with Crippen molar-refractivity contribution in [2.24, 2.45) is 0 Å². The van der Waals surface area contributed by atoms with Gasteiger partial charge in [0.25, 0.3) is 5.91 Å². The first-order chi connectivity index (χ1) is 14.0. The van der Waals surface area contributed by atoms with E-state index in [4.69, 9.17) is 23.2 Å². The zero-order chi connectivity index (χ0) is 22.1. The first-order valence-corrected chi connectivity index (χ1v) is 11.2. The highest BCUT2D eigenvalue weighted by Crippen LogP contribution is 2.36. The number of piperidine rings is 1. The summed E-state index contributed by atoms with van der Waals surface area (Å²) in [6.45, 7) is 0.773. The number of amides is 1. The number of benzene rings is 2. The van der Waals surface area contributed by atoms with Gasteiger partial charge in [0.1, 0.15) is 0 Å². The second-order valence-corrected chi connectivity index (χ2v) is 9.51. The molecule has 1 heterocycles. The van der Waals surface area contributed by atoms with Crippen LogP contribution in [0.4, 0.5) is 18.9 Å². The predicted molar refractivity (Wildman–Crippen MR) is 108 cm³/mol. The van der Waals surface area contributed by atoms with E-state index in [1.165, 1.54) is 22.5 Å². The summed E-state index contributed by atoms with van der Waals surface area (Å²) in [5, 5.41) is 1.77. The fourth-order valence-electron chi connectivity index (χ4n) is 3.11. The number of halogens is 5. The monoisotopic (exact) mass is 480 g/mol. The lowest BCUT2D eigenvalue weighted by Crippen LogP contribution is -2.35. The molecule has 1 aliphatic rings. The van der Waals surface area contributed by atoms with Gasteiger partial charge in [0, 0.05) is 18.8 Å². The van der Waals surface area contributed by atoms with Crippen LogP contribution in [-0.2, 0) is 16.2 Å². The number of carbonyl (C=O) groups is 1. The Morgan fingerprint density at radius 1 is 0.967 bits per heavy atom. The Balaban J connectivity index is 1.89.